The molecule has 2 heterocycles. The topological polar surface area (TPSA) is 125 Å². The summed E-state index contributed by atoms with van der Waals surface area (Å²) < 4.78 is 36.2. The SMILES string of the molecule is CCCCOC(=O)S(=O)(=O)Nc1ccccc1-c1ccc(Cn2c(CCC)nc3ccc(Cn4ccnc4)cc3c2=O)cc1. The van der Waals surface area contributed by atoms with Crippen molar-refractivity contribution in [1.82, 2.24) is 19.1 Å². The second-order valence-electron chi connectivity index (χ2n) is 10.6. The first-order valence-corrected chi connectivity index (χ1v) is 16.1. The number of aryl methyl sites for hydroxylation is 1. The van der Waals surface area contributed by atoms with Gasteiger partial charge in [0.1, 0.15) is 5.82 Å². The first kappa shape index (κ1) is 30.7. The third-order valence-corrected chi connectivity index (χ3v) is 8.26. The second kappa shape index (κ2) is 13.7. The minimum atomic E-state index is -4.38. The van der Waals surface area contributed by atoms with Crippen LogP contribution >= 0.6 is 0 Å². The fourth-order valence-corrected chi connectivity index (χ4v) is 5.73. The third-order valence-electron chi connectivity index (χ3n) is 7.21. The van der Waals surface area contributed by atoms with Crippen molar-refractivity contribution in [2.24, 2.45) is 0 Å². The van der Waals surface area contributed by atoms with E-state index < -0.39 is 15.3 Å². The quantitative estimate of drug-likeness (QED) is 0.135. The molecular weight excluding hydrogens is 578 g/mol. The molecule has 1 N–H and O–H groups in total. The highest BCUT2D eigenvalue weighted by atomic mass is 32.2. The molecule has 0 aliphatic carbocycles. The molecule has 0 aliphatic heterocycles. The van der Waals surface area contributed by atoms with Crippen LogP contribution in [0, 0.1) is 0 Å². The number of para-hydroxylation sites is 1. The molecule has 228 valence electrons. The van der Waals surface area contributed by atoms with Crippen molar-refractivity contribution in [1.29, 1.82) is 0 Å². The number of ether oxygens (including phenoxy) is 1. The molecule has 3 aromatic carbocycles. The van der Waals surface area contributed by atoms with Crippen LogP contribution in [-0.2, 0) is 34.3 Å². The number of nitrogens with one attached hydrogen (secondary N) is 1. The normalized spacial score (nSPS) is 11.5. The van der Waals surface area contributed by atoms with E-state index >= 15 is 0 Å². The number of fused-ring (bicyclic) bond motifs is 1. The molecule has 0 spiro atoms. The van der Waals surface area contributed by atoms with Crippen LogP contribution in [0.5, 0.6) is 0 Å². The van der Waals surface area contributed by atoms with Gasteiger partial charge in [0.25, 0.3) is 5.56 Å². The maximum atomic E-state index is 13.8. The number of anilines is 1. The molecule has 0 aliphatic rings. The second-order valence-corrected chi connectivity index (χ2v) is 12.1. The van der Waals surface area contributed by atoms with Crippen molar-refractivity contribution in [3.63, 3.8) is 0 Å². The van der Waals surface area contributed by atoms with E-state index in [9.17, 15) is 18.0 Å². The van der Waals surface area contributed by atoms with Crippen LogP contribution in [0.4, 0.5) is 10.5 Å². The van der Waals surface area contributed by atoms with Gasteiger partial charge in [-0.05, 0) is 47.7 Å². The summed E-state index contributed by atoms with van der Waals surface area (Å²) in [7, 11) is -4.38. The van der Waals surface area contributed by atoms with Crippen molar-refractivity contribution in [3.8, 4) is 11.1 Å². The third kappa shape index (κ3) is 7.05. The summed E-state index contributed by atoms with van der Waals surface area (Å²) in [5.41, 5.74) is 4.06. The Hall–Kier alpha value is -4.77. The van der Waals surface area contributed by atoms with Crippen LogP contribution in [0.2, 0.25) is 0 Å². The average Bonchev–Trinajstić information content (AvgIpc) is 3.53. The van der Waals surface area contributed by atoms with Gasteiger partial charge in [0.2, 0.25) is 0 Å². The molecule has 10 nitrogen and oxygen atoms in total. The van der Waals surface area contributed by atoms with Crippen LogP contribution in [-0.4, -0.2) is 39.4 Å². The first-order chi connectivity index (χ1) is 21.3. The monoisotopic (exact) mass is 613 g/mol. The number of aromatic nitrogens is 4. The molecule has 2 aromatic heterocycles. The molecule has 0 amide bonds. The van der Waals surface area contributed by atoms with Gasteiger partial charge in [0, 0.05) is 30.9 Å². The lowest BCUT2D eigenvalue weighted by Gasteiger charge is -2.15. The fraction of sp³-hybridized carbons (Fsp3) is 0.273. The number of unbranched alkanes of at least 4 members (excludes halogenated alkanes) is 1. The molecule has 5 rings (SSSR count). The number of sulfonamides is 1. The van der Waals surface area contributed by atoms with Gasteiger partial charge in [-0.1, -0.05) is 68.8 Å². The minimum Gasteiger partial charge on any atom is -0.453 e. The van der Waals surface area contributed by atoms with E-state index in [1.807, 2.05) is 60.2 Å². The molecule has 0 saturated heterocycles. The summed E-state index contributed by atoms with van der Waals surface area (Å²) in [4.78, 5) is 34.9. The van der Waals surface area contributed by atoms with Gasteiger partial charge in [-0.3, -0.25) is 14.1 Å². The number of imidazole rings is 1. The van der Waals surface area contributed by atoms with Crippen molar-refractivity contribution in [2.75, 3.05) is 11.3 Å². The lowest BCUT2D eigenvalue weighted by Crippen LogP contribution is -2.26. The number of benzene rings is 3. The van der Waals surface area contributed by atoms with E-state index in [1.165, 1.54) is 0 Å². The Morgan fingerprint density at radius 3 is 2.45 bits per heavy atom. The lowest BCUT2D eigenvalue weighted by atomic mass is 10.0. The Labute approximate surface area is 256 Å². The Morgan fingerprint density at radius 1 is 0.955 bits per heavy atom. The minimum absolute atomic E-state index is 0.0435. The van der Waals surface area contributed by atoms with Crippen molar-refractivity contribution in [2.45, 2.75) is 52.6 Å². The van der Waals surface area contributed by atoms with Gasteiger partial charge in [-0.15, -0.1) is 0 Å². The predicted octanol–water partition coefficient (Wildman–Crippen LogP) is 5.99. The lowest BCUT2D eigenvalue weighted by molar-refractivity contribution is 0.170. The molecule has 0 unspecified atom stereocenters. The Morgan fingerprint density at radius 2 is 1.73 bits per heavy atom. The first-order valence-electron chi connectivity index (χ1n) is 14.6. The van der Waals surface area contributed by atoms with Crippen LogP contribution in [0.3, 0.4) is 0 Å². The maximum absolute atomic E-state index is 13.8. The van der Waals surface area contributed by atoms with Gasteiger partial charge < -0.3 is 9.30 Å². The number of nitrogens with zero attached hydrogens (tertiary/aromatic N) is 4. The highest BCUT2D eigenvalue weighted by Crippen LogP contribution is 2.29. The summed E-state index contributed by atoms with van der Waals surface area (Å²) in [6, 6.07) is 20.2. The van der Waals surface area contributed by atoms with Crippen LogP contribution in [0.1, 0.15) is 50.1 Å². The molecule has 5 aromatic rings. The fourth-order valence-electron chi connectivity index (χ4n) is 4.94. The van der Waals surface area contributed by atoms with E-state index in [-0.39, 0.29) is 17.9 Å². The van der Waals surface area contributed by atoms with Crippen LogP contribution in [0.25, 0.3) is 22.0 Å². The highest BCUT2D eigenvalue weighted by Gasteiger charge is 2.25. The number of rotatable bonds is 12. The molecule has 0 radical (unpaired) electrons. The highest BCUT2D eigenvalue weighted by molar-refractivity contribution is 8.06. The van der Waals surface area contributed by atoms with Crippen molar-refractivity contribution in [3.05, 3.63) is 113 Å². The van der Waals surface area contributed by atoms with E-state index in [1.54, 1.807) is 41.4 Å². The van der Waals surface area contributed by atoms with Gasteiger partial charge in [-0.25, -0.2) is 14.8 Å². The van der Waals surface area contributed by atoms with E-state index in [2.05, 4.69) is 16.6 Å². The summed E-state index contributed by atoms with van der Waals surface area (Å²) >= 11 is 0. The van der Waals surface area contributed by atoms with E-state index in [0.717, 1.165) is 35.4 Å². The molecule has 11 heteroatoms. The van der Waals surface area contributed by atoms with E-state index in [0.29, 0.717) is 42.4 Å². The van der Waals surface area contributed by atoms with Gasteiger partial charge in [0.15, 0.2) is 0 Å². The molecular formula is C33H35N5O5S. The summed E-state index contributed by atoms with van der Waals surface area (Å²) in [6.07, 6.45) is 8.21. The standard InChI is InChI=1S/C33H35N5O5S/c1-3-5-19-43-33(40)44(41,42)36-30-10-7-6-9-27(30)26-14-11-24(12-15-26)22-38-31(8-4-2)35-29-16-13-25(20-28(29)32(38)39)21-37-18-17-34-23-37/h6-7,9-18,20,23,36H,3-5,8,19,21-22H2,1-2H3. The zero-order valence-electron chi connectivity index (χ0n) is 24.8. The smallest absolute Gasteiger partial charge is 0.445 e. The average molecular weight is 614 g/mol. The van der Waals surface area contributed by atoms with Gasteiger partial charge in [-0.2, -0.15) is 8.42 Å². The van der Waals surface area contributed by atoms with Crippen LogP contribution < -0.4 is 10.3 Å². The Balaban J connectivity index is 1.41. The predicted molar refractivity (Wildman–Crippen MR) is 171 cm³/mol. The molecule has 0 fully saturated rings. The Kier molecular flexibility index (Phi) is 9.54. The molecule has 0 saturated carbocycles. The maximum Gasteiger partial charge on any atom is 0.445 e. The zero-order chi connectivity index (χ0) is 31.1. The zero-order valence-corrected chi connectivity index (χ0v) is 25.6. The van der Waals surface area contributed by atoms with Crippen molar-refractivity contribution < 1.29 is 17.9 Å². The van der Waals surface area contributed by atoms with Crippen molar-refractivity contribution >= 4 is 31.9 Å². The number of hydrogen-bond donors (Lipinski definition) is 1. The molecule has 0 atom stereocenters. The molecule has 0 bridgehead atoms. The van der Waals surface area contributed by atoms with Gasteiger partial charge >= 0.3 is 15.3 Å². The van der Waals surface area contributed by atoms with Gasteiger partial charge in [0.05, 0.1) is 36.1 Å². The number of hydrogen-bond acceptors (Lipinski definition) is 7. The van der Waals surface area contributed by atoms with E-state index in [4.69, 9.17) is 9.72 Å². The summed E-state index contributed by atoms with van der Waals surface area (Å²) in [5, 5.41) is -0.740. The number of carbonyl (C=O) groups is 1. The summed E-state index contributed by atoms with van der Waals surface area (Å²) in [6.45, 7) is 4.96. The summed E-state index contributed by atoms with van der Waals surface area (Å²) in [5.74, 6) is 0.724. The van der Waals surface area contributed by atoms with Crippen LogP contribution in [0.15, 0.2) is 90.2 Å². The Bertz CT molecular complexity index is 1920. The largest absolute Gasteiger partial charge is 0.453 e. The number of carbonyl (C=O) groups excluding carboxylic acids is 1. The molecule has 44 heavy (non-hydrogen) atoms.